The molecule has 25 N–H and O–H groups in total. The number of nitrogens with two attached hydrogens (primary N) is 6. The van der Waals surface area contributed by atoms with Crippen LogP contribution in [0.4, 0.5) is 0 Å². The van der Waals surface area contributed by atoms with Crippen molar-refractivity contribution in [1.29, 1.82) is 0 Å². The van der Waals surface area contributed by atoms with E-state index in [4.69, 9.17) is 34.4 Å². The van der Waals surface area contributed by atoms with Gasteiger partial charge in [-0.3, -0.25) is 77.1 Å². The van der Waals surface area contributed by atoms with Gasteiger partial charge in [0.25, 0.3) is 0 Å². The van der Waals surface area contributed by atoms with E-state index in [1.807, 2.05) is 0 Å². The lowest BCUT2D eigenvalue weighted by Gasteiger charge is -2.32. The van der Waals surface area contributed by atoms with Gasteiger partial charge in [-0.25, -0.2) is 0 Å². The molecule has 0 spiro atoms. The number of carboxylic acid groups (broad SMARTS) is 2. The number of allylic oxidation sites excluding steroid dienone is 1. The fourth-order valence-corrected chi connectivity index (χ4v) is 8.39. The number of phenols is 1. The van der Waals surface area contributed by atoms with E-state index < -0.39 is 181 Å². The topological polar surface area (TPSA) is 612 Å². The number of hydrogen-bond acceptors (Lipinski definition) is 18. The van der Waals surface area contributed by atoms with Crippen molar-refractivity contribution in [3.05, 3.63) is 42.0 Å². The van der Waals surface area contributed by atoms with Crippen LogP contribution in [0.5, 0.6) is 5.75 Å². The number of aromatic hydroxyl groups is 1. The molecule has 36 nitrogen and oxygen atoms in total. The first-order valence-corrected chi connectivity index (χ1v) is 28.0. The third-order valence-electron chi connectivity index (χ3n) is 13.2. The van der Waals surface area contributed by atoms with Gasteiger partial charge in [-0.15, -0.1) is 0 Å². The molecule has 0 bridgehead atoms. The number of primary amides is 2. The highest BCUT2D eigenvalue weighted by Gasteiger charge is 2.38. The number of carbonyl (C=O) groups is 14. The van der Waals surface area contributed by atoms with Crippen molar-refractivity contribution in [2.24, 2.45) is 44.4 Å². The highest BCUT2D eigenvalue weighted by atomic mass is 16.4. The van der Waals surface area contributed by atoms with E-state index in [1.165, 1.54) is 64.1 Å². The number of aliphatic imine (C=N–C) groups is 2. The lowest BCUT2D eigenvalue weighted by atomic mass is 10.0. The molecule has 0 saturated carbocycles. The molecule has 36 heteroatoms. The van der Waals surface area contributed by atoms with Gasteiger partial charge in [-0.1, -0.05) is 24.3 Å². The number of nitrogens with zero attached hydrogens (tertiary/aromatic N) is 3. The lowest BCUT2D eigenvalue weighted by molar-refractivity contribution is -0.144. The minimum absolute atomic E-state index is 0.0162. The molecule has 1 heterocycles. The summed E-state index contributed by atoms with van der Waals surface area (Å²) in [4.78, 5) is 195. The lowest BCUT2D eigenvalue weighted by Crippen LogP contribution is -2.61. The summed E-state index contributed by atoms with van der Waals surface area (Å²) in [5, 5.41) is 60.9. The molecule has 0 saturated heterocycles. The molecule has 11 atom stereocenters. The number of aliphatic carboxylic acids is 2. The first-order valence-electron chi connectivity index (χ1n) is 28.0. The molecule has 1 aliphatic rings. The minimum atomic E-state index is -2.00. The van der Waals surface area contributed by atoms with Crippen molar-refractivity contribution in [1.82, 2.24) is 52.8 Å². The van der Waals surface area contributed by atoms with E-state index in [2.05, 4.69) is 57.8 Å². The van der Waals surface area contributed by atoms with Crippen LogP contribution in [0.2, 0.25) is 0 Å². The maximum Gasteiger partial charge on any atom is 0.305 e. The first-order chi connectivity index (χ1) is 41.7. The zero-order valence-electron chi connectivity index (χ0n) is 49.5. The molecule has 492 valence electrons. The molecule has 1 aromatic carbocycles. The zero-order chi connectivity index (χ0) is 67.2. The van der Waals surface area contributed by atoms with E-state index in [9.17, 15) is 87.5 Å². The quantitative estimate of drug-likeness (QED) is 0.0132. The summed E-state index contributed by atoms with van der Waals surface area (Å²) in [5.41, 5.74) is 32.7. The van der Waals surface area contributed by atoms with E-state index >= 15 is 0 Å². The second-order valence-corrected chi connectivity index (χ2v) is 20.7. The van der Waals surface area contributed by atoms with E-state index in [0.717, 1.165) is 4.90 Å². The van der Waals surface area contributed by atoms with Crippen LogP contribution >= 0.6 is 0 Å². The Labute approximate surface area is 510 Å². The second-order valence-electron chi connectivity index (χ2n) is 20.7. The molecule has 12 amide bonds. The Balaban J connectivity index is 2.54. The van der Waals surface area contributed by atoms with Gasteiger partial charge in [-0.05, 0) is 83.9 Å². The Morgan fingerprint density at radius 3 is 1.62 bits per heavy atom. The predicted octanol–water partition coefficient (Wildman–Crippen LogP) is -7.91. The smallest absolute Gasteiger partial charge is 0.305 e. The van der Waals surface area contributed by atoms with Crippen LogP contribution in [-0.2, 0) is 73.5 Å². The average molecular weight is 1260 g/mol. The molecule has 0 fully saturated rings. The summed E-state index contributed by atoms with van der Waals surface area (Å²) in [6.45, 7) is 4.53. The second kappa shape index (κ2) is 37.4. The number of carbonyl (C=O) groups excluding carboxylic acids is 12. The van der Waals surface area contributed by atoms with Crippen molar-refractivity contribution in [2.45, 2.75) is 165 Å². The summed E-state index contributed by atoms with van der Waals surface area (Å²) < 4.78 is 0. The van der Waals surface area contributed by atoms with Gasteiger partial charge >= 0.3 is 11.9 Å². The Kier molecular flexibility index (Phi) is 31.5. The molecule has 89 heavy (non-hydrogen) atoms. The van der Waals surface area contributed by atoms with Crippen molar-refractivity contribution in [3.8, 4) is 5.75 Å². The van der Waals surface area contributed by atoms with E-state index in [1.54, 1.807) is 0 Å². The number of aliphatic hydroxyl groups excluding tert-OH is 1. The van der Waals surface area contributed by atoms with Gasteiger partial charge in [-0.2, -0.15) is 0 Å². The Morgan fingerprint density at radius 2 is 1.09 bits per heavy atom. The highest BCUT2D eigenvalue weighted by Crippen LogP contribution is 2.14. The largest absolute Gasteiger partial charge is 0.508 e. The fourth-order valence-electron chi connectivity index (χ4n) is 8.39. The summed E-state index contributed by atoms with van der Waals surface area (Å²) in [5.74, 6) is -16.5. The van der Waals surface area contributed by atoms with Gasteiger partial charge in [0.15, 0.2) is 11.9 Å². The van der Waals surface area contributed by atoms with Gasteiger partial charge in [0, 0.05) is 38.9 Å². The zero-order valence-corrected chi connectivity index (χ0v) is 49.5. The maximum atomic E-state index is 14.4. The van der Waals surface area contributed by atoms with Crippen molar-refractivity contribution < 1.29 is 87.5 Å². The van der Waals surface area contributed by atoms with Crippen LogP contribution in [-0.4, -0.2) is 206 Å². The highest BCUT2D eigenvalue weighted by molar-refractivity contribution is 6.00. The third-order valence-corrected chi connectivity index (χ3v) is 13.2. The van der Waals surface area contributed by atoms with Crippen molar-refractivity contribution >= 4 is 94.7 Å². The summed E-state index contributed by atoms with van der Waals surface area (Å²) in [6.07, 6.45) is -2.76. The van der Waals surface area contributed by atoms with Crippen LogP contribution in [0, 0.1) is 0 Å². The average Bonchev–Trinajstić information content (AvgIpc) is 3.65. The number of carboxylic acids is 2. The minimum Gasteiger partial charge on any atom is -0.508 e. The van der Waals surface area contributed by atoms with Gasteiger partial charge in [0.05, 0.1) is 18.9 Å². The first kappa shape index (κ1) is 74.9. The summed E-state index contributed by atoms with van der Waals surface area (Å²) in [6, 6.07) is -11.2. The molecule has 0 radical (unpaired) electrons. The number of guanidine groups is 2. The van der Waals surface area contributed by atoms with Crippen LogP contribution in [0.15, 0.2) is 46.4 Å². The Morgan fingerprint density at radius 1 is 0.607 bits per heavy atom. The number of nitrogens with one attached hydrogen (secondary N) is 9. The Bertz CT molecular complexity index is 2810. The van der Waals surface area contributed by atoms with Crippen LogP contribution in [0.3, 0.4) is 0 Å². The normalized spacial score (nSPS) is 17.8. The van der Waals surface area contributed by atoms with E-state index in [-0.39, 0.29) is 81.4 Å². The van der Waals surface area contributed by atoms with Gasteiger partial charge in [0.1, 0.15) is 66.2 Å². The molecule has 2 rings (SSSR count). The molecular formula is C53H82N18O18. The molecule has 0 unspecified atom stereocenters. The summed E-state index contributed by atoms with van der Waals surface area (Å²) >= 11 is 0. The molecule has 0 aromatic heterocycles. The fraction of sp³-hybridized carbons (Fsp3) is 0.547. The number of aliphatic hydroxyl groups is 1. The SMILES string of the molecule is C[C@H](NC(=O)[C@H](CC(N)=O)NC(=O)[C@H](Cc1ccc(O)cc1)NC(=O)[C@H](CCC(=O)O)NC(=O)[C@H](CCCN=C(N)N)NC(=O)[C@H](CC(=O)O)NC(=O)[C@H](C)N1C/C=C/CCC(=O)N[C@@H]([C@@H](C)O)C(=O)N[C@@H](C)C1=O)C(=O)N[C@@H](CCCN=C(N)N)C(N)=O. The van der Waals surface area contributed by atoms with Crippen molar-refractivity contribution in [3.63, 3.8) is 0 Å². The third kappa shape index (κ3) is 27.8. The van der Waals surface area contributed by atoms with Gasteiger partial charge in [0.2, 0.25) is 70.9 Å². The number of phenolic OH excluding ortho intramolecular Hbond substituents is 1. The number of benzene rings is 1. The molecule has 1 aliphatic heterocycles. The monoisotopic (exact) mass is 1260 g/mol. The summed E-state index contributed by atoms with van der Waals surface area (Å²) in [7, 11) is 0. The number of amides is 12. The molecule has 0 aliphatic carbocycles. The van der Waals surface area contributed by atoms with E-state index in [0.29, 0.717) is 0 Å². The molecular weight excluding hydrogens is 1180 g/mol. The molecule has 1 aromatic rings. The number of hydrogen-bond donors (Lipinski definition) is 19. The van der Waals surface area contributed by atoms with Crippen LogP contribution in [0.25, 0.3) is 0 Å². The van der Waals surface area contributed by atoms with Crippen LogP contribution < -0.4 is 82.3 Å². The number of rotatable bonds is 34. The standard InChI is InChI=1S/C53H82N18O18/c1-25(43(81)64-31(42(55)80)10-8-19-60-52(56)57)62-47(85)35(23-37(54)74)69-48(86)34(22-29-13-15-30(73)16-14-29)68-46(84)33(17-18-39(76)77)66-45(83)32(11-9-20-61-53(58)59)65-49(87)36(24-40(78)79)67-44(82)27(3)71-21-7-5-6-12-38(75)70-41(28(4)72)50(88)63-26(2)51(71)89/h5,7,13-16,25-28,31-36,41,72-73H,6,8-12,17-24H2,1-4H3,(H2,54,74)(H2,55,80)(H,62,85)(H,63,88)(H,64,81)(H,65,87)(H,66,83)(H,67,82)(H,68,84)(H,69,86)(H,70,75)(H,76,77)(H,78,79)(H4,56,57,60)(H4,58,59,61)/b7-5+/t25-,26-,27-,28+,31-,32-,33-,34-,35-,36-,41-/m0/s1. The van der Waals surface area contributed by atoms with Crippen LogP contribution in [0.1, 0.15) is 97.5 Å². The van der Waals surface area contributed by atoms with Gasteiger partial charge < -0.3 is 108 Å². The predicted molar refractivity (Wildman–Crippen MR) is 314 cm³/mol. The van der Waals surface area contributed by atoms with Crippen molar-refractivity contribution in [2.75, 3.05) is 19.6 Å². The Hall–Kier alpha value is -10.2. The maximum absolute atomic E-state index is 14.4.